The van der Waals surface area contributed by atoms with Gasteiger partial charge in [0.2, 0.25) is 0 Å². The van der Waals surface area contributed by atoms with Gasteiger partial charge in [-0.05, 0) is 57.9 Å². The molecule has 4 aromatic rings. The van der Waals surface area contributed by atoms with E-state index in [1.54, 1.807) is 39.1 Å². The molecule has 1 aliphatic heterocycles. The largest absolute Gasteiger partial charge is 0.444 e. The first-order valence-electron chi connectivity index (χ1n) is 10.7. The summed E-state index contributed by atoms with van der Waals surface area (Å²) in [6, 6.07) is 8.44. The molecule has 9 heteroatoms. The standard InChI is InChI=1S/C24H22BrF2N3O2S/c1-24(2,3)32-23(31)29-10-4-5-17(29)15-8-7-14(20(26)21(15)27)16-12-30-18-9-6-13(25)11-19(18)33-22(30)28-16/h6-9,11-12,17H,4-5,10H2,1-3H3. The van der Waals surface area contributed by atoms with Crippen molar-refractivity contribution in [1.82, 2.24) is 14.3 Å². The summed E-state index contributed by atoms with van der Waals surface area (Å²) in [5, 5.41) is 0. The van der Waals surface area contributed by atoms with Crippen LogP contribution in [0.2, 0.25) is 0 Å². The Bertz CT molecular complexity index is 1390. The number of imidazole rings is 1. The van der Waals surface area contributed by atoms with E-state index in [2.05, 4.69) is 20.9 Å². The van der Waals surface area contributed by atoms with Gasteiger partial charge in [-0.25, -0.2) is 18.6 Å². The molecule has 0 aliphatic carbocycles. The molecule has 1 amide bonds. The van der Waals surface area contributed by atoms with Gasteiger partial charge in [0.25, 0.3) is 0 Å². The first-order valence-corrected chi connectivity index (χ1v) is 12.3. The molecular formula is C24H22BrF2N3O2S. The normalized spacial score (nSPS) is 16.8. The van der Waals surface area contributed by atoms with Crippen LogP contribution in [0, 0.1) is 11.6 Å². The van der Waals surface area contributed by atoms with Crippen molar-refractivity contribution in [3.8, 4) is 11.3 Å². The van der Waals surface area contributed by atoms with E-state index in [9.17, 15) is 4.79 Å². The minimum atomic E-state index is -0.957. The highest BCUT2D eigenvalue weighted by molar-refractivity contribution is 9.10. The molecule has 2 aromatic heterocycles. The van der Waals surface area contributed by atoms with E-state index in [1.165, 1.54) is 16.2 Å². The highest BCUT2D eigenvalue weighted by Crippen LogP contribution is 2.38. The van der Waals surface area contributed by atoms with Gasteiger partial charge < -0.3 is 9.64 Å². The lowest BCUT2D eigenvalue weighted by Gasteiger charge is -2.29. The smallest absolute Gasteiger partial charge is 0.410 e. The van der Waals surface area contributed by atoms with Gasteiger partial charge in [-0.2, -0.15) is 0 Å². The van der Waals surface area contributed by atoms with E-state index in [-0.39, 0.29) is 11.1 Å². The molecule has 3 heterocycles. The van der Waals surface area contributed by atoms with Crippen LogP contribution < -0.4 is 0 Å². The quantitative estimate of drug-likeness (QED) is 0.271. The van der Waals surface area contributed by atoms with Crippen molar-refractivity contribution in [3.63, 3.8) is 0 Å². The molecule has 1 atom stereocenters. The van der Waals surface area contributed by atoms with E-state index < -0.39 is 29.4 Å². The summed E-state index contributed by atoms with van der Waals surface area (Å²) in [6.07, 6.45) is 2.47. The average molecular weight is 534 g/mol. The minimum Gasteiger partial charge on any atom is -0.444 e. The lowest BCUT2D eigenvalue weighted by Crippen LogP contribution is -2.36. The number of carbonyl (C=O) groups is 1. The number of ether oxygens (including phenoxy) is 1. The van der Waals surface area contributed by atoms with Crippen molar-refractivity contribution in [2.75, 3.05) is 6.54 Å². The van der Waals surface area contributed by atoms with Crippen LogP contribution in [0.3, 0.4) is 0 Å². The first kappa shape index (κ1) is 22.3. The van der Waals surface area contributed by atoms with E-state index in [4.69, 9.17) is 4.74 Å². The van der Waals surface area contributed by atoms with Crippen LogP contribution in [-0.2, 0) is 4.74 Å². The van der Waals surface area contributed by atoms with Crippen LogP contribution in [0.5, 0.6) is 0 Å². The van der Waals surface area contributed by atoms with Crippen molar-refractivity contribution >= 4 is 48.5 Å². The van der Waals surface area contributed by atoms with Crippen LogP contribution in [0.1, 0.15) is 45.2 Å². The summed E-state index contributed by atoms with van der Waals surface area (Å²) in [5.74, 6) is -1.90. The Hall–Kier alpha value is -2.52. The molecule has 5 rings (SSSR count). The predicted molar refractivity (Wildman–Crippen MR) is 129 cm³/mol. The number of fused-ring (bicyclic) bond motifs is 3. The molecule has 0 saturated carbocycles. The van der Waals surface area contributed by atoms with Crippen molar-refractivity contribution in [2.45, 2.75) is 45.3 Å². The molecule has 2 aromatic carbocycles. The third-order valence-corrected chi connectivity index (χ3v) is 7.19. The van der Waals surface area contributed by atoms with Gasteiger partial charge in [-0.3, -0.25) is 4.40 Å². The number of benzene rings is 2. The van der Waals surface area contributed by atoms with E-state index in [0.717, 1.165) is 14.7 Å². The SMILES string of the molecule is CC(C)(C)OC(=O)N1CCCC1c1ccc(-c2cn3c(n2)sc2cc(Br)ccc23)c(F)c1F. The number of hydrogen-bond donors (Lipinski definition) is 0. The number of thiazole rings is 1. The van der Waals surface area contributed by atoms with E-state index in [0.29, 0.717) is 30.0 Å². The molecule has 0 spiro atoms. The lowest BCUT2D eigenvalue weighted by molar-refractivity contribution is 0.0222. The van der Waals surface area contributed by atoms with Crippen LogP contribution in [0.4, 0.5) is 13.6 Å². The minimum absolute atomic E-state index is 0.0965. The van der Waals surface area contributed by atoms with Gasteiger partial charge in [0.15, 0.2) is 16.6 Å². The van der Waals surface area contributed by atoms with Crippen molar-refractivity contribution in [2.24, 2.45) is 0 Å². The topological polar surface area (TPSA) is 46.8 Å². The Morgan fingerprint density at radius 1 is 1.21 bits per heavy atom. The third kappa shape index (κ3) is 4.01. The number of amides is 1. The molecule has 1 aliphatic rings. The molecule has 5 nitrogen and oxygen atoms in total. The fraction of sp³-hybridized carbons (Fsp3) is 0.333. The molecule has 0 radical (unpaired) electrons. The second-order valence-corrected chi connectivity index (χ2v) is 11.1. The monoisotopic (exact) mass is 533 g/mol. The van der Waals surface area contributed by atoms with Crippen molar-refractivity contribution in [1.29, 1.82) is 0 Å². The summed E-state index contributed by atoms with van der Waals surface area (Å²) in [4.78, 5) is 19.3. The Labute approximate surface area is 202 Å². The maximum absolute atomic E-state index is 15.3. The highest BCUT2D eigenvalue weighted by Gasteiger charge is 2.35. The van der Waals surface area contributed by atoms with Crippen LogP contribution in [0.15, 0.2) is 41.0 Å². The number of carbonyl (C=O) groups excluding carboxylic acids is 1. The summed E-state index contributed by atoms with van der Waals surface area (Å²) in [5.41, 5.74) is 0.916. The Morgan fingerprint density at radius 2 is 2.00 bits per heavy atom. The summed E-state index contributed by atoms with van der Waals surface area (Å²) >= 11 is 4.94. The first-order chi connectivity index (χ1) is 15.6. The van der Waals surface area contributed by atoms with Gasteiger partial charge >= 0.3 is 6.09 Å². The van der Waals surface area contributed by atoms with Crippen molar-refractivity contribution < 1.29 is 18.3 Å². The Kier molecular flexibility index (Phi) is 5.44. The second-order valence-electron chi connectivity index (χ2n) is 9.15. The van der Waals surface area contributed by atoms with E-state index in [1.807, 2.05) is 22.6 Å². The molecule has 172 valence electrons. The van der Waals surface area contributed by atoms with Gasteiger partial charge in [0.05, 0.1) is 22.0 Å². The molecule has 1 unspecified atom stereocenters. The van der Waals surface area contributed by atoms with Crippen LogP contribution in [-0.4, -0.2) is 32.5 Å². The fourth-order valence-corrected chi connectivity index (χ4v) is 5.81. The molecular weight excluding hydrogens is 512 g/mol. The van der Waals surface area contributed by atoms with Gasteiger partial charge in [0, 0.05) is 28.3 Å². The lowest BCUT2D eigenvalue weighted by atomic mass is 10.0. The Morgan fingerprint density at radius 3 is 2.76 bits per heavy atom. The number of rotatable bonds is 2. The highest BCUT2D eigenvalue weighted by atomic mass is 79.9. The zero-order valence-electron chi connectivity index (χ0n) is 18.4. The number of likely N-dealkylation sites (tertiary alicyclic amines) is 1. The number of halogens is 3. The maximum atomic E-state index is 15.3. The summed E-state index contributed by atoms with van der Waals surface area (Å²) in [6.45, 7) is 5.79. The molecule has 1 saturated heterocycles. The molecule has 0 N–H and O–H groups in total. The Balaban J connectivity index is 1.49. The fourth-order valence-electron chi connectivity index (χ4n) is 4.25. The maximum Gasteiger partial charge on any atom is 0.410 e. The predicted octanol–water partition coefficient (Wildman–Crippen LogP) is 7.33. The van der Waals surface area contributed by atoms with Crippen LogP contribution in [0.25, 0.3) is 26.4 Å². The van der Waals surface area contributed by atoms with Gasteiger partial charge in [-0.15, -0.1) is 0 Å². The van der Waals surface area contributed by atoms with E-state index >= 15 is 8.78 Å². The van der Waals surface area contributed by atoms with Gasteiger partial charge in [0.1, 0.15) is 5.60 Å². The molecule has 0 bridgehead atoms. The number of aromatic nitrogens is 2. The molecule has 1 fully saturated rings. The number of nitrogens with zero attached hydrogens (tertiary/aromatic N) is 3. The van der Waals surface area contributed by atoms with Crippen LogP contribution >= 0.6 is 27.3 Å². The number of hydrogen-bond acceptors (Lipinski definition) is 4. The zero-order chi connectivity index (χ0) is 23.5. The second kappa shape index (κ2) is 8.06. The molecule has 33 heavy (non-hydrogen) atoms. The average Bonchev–Trinajstić information content (AvgIpc) is 3.42. The zero-order valence-corrected chi connectivity index (χ0v) is 20.8. The van der Waals surface area contributed by atoms with Gasteiger partial charge in [-0.1, -0.05) is 33.3 Å². The van der Waals surface area contributed by atoms with Crippen molar-refractivity contribution in [3.05, 3.63) is 58.2 Å². The summed E-state index contributed by atoms with van der Waals surface area (Å²) in [7, 11) is 0. The third-order valence-electron chi connectivity index (χ3n) is 5.68. The summed E-state index contributed by atoms with van der Waals surface area (Å²) < 4.78 is 39.9.